The van der Waals surface area contributed by atoms with Crippen LogP contribution >= 0.6 is 0 Å². The van der Waals surface area contributed by atoms with Crippen molar-refractivity contribution in [2.24, 2.45) is 0 Å². The first-order valence-corrected chi connectivity index (χ1v) is 6.61. The van der Waals surface area contributed by atoms with Gasteiger partial charge < -0.3 is 15.0 Å². The van der Waals surface area contributed by atoms with E-state index in [0.717, 1.165) is 11.0 Å². The van der Waals surface area contributed by atoms with Gasteiger partial charge in [-0.15, -0.1) is 0 Å². The lowest BCUT2D eigenvalue weighted by atomic mass is 10.1. The predicted octanol–water partition coefficient (Wildman–Crippen LogP) is 2.54. The van der Waals surface area contributed by atoms with Crippen LogP contribution < -0.4 is 4.90 Å². The van der Waals surface area contributed by atoms with E-state index in [1.807, 2.05) is 0 Å². The number of amides is 1. The lowest BCUT2D eigenvalue weighted by Gasteiger charge is -2.19. The fraction of sp³-hybridized carbons (Fsp3) is 0.0625. The van der Waals surface area contributed by atoms with Crippen molar-refractivity contribution in [1.82, 2.24) is 9.97 Å². The Hall–Kier alpha value is -3.15. The number of imidazole rings is 1. The zero-order valence-corrected chi connectivity index (χ0v) is 11.8. The van der Waals surface area contributed by atoms with Crippen LogP contribution in [0.1, 0.15) is 20.7 Å². The number of hydrogen-bond acceptors (Lipinski definition) is 3. The summed E-state index contributed by atoms with van der Waals surface area (Å²) in [6.07, 6.45) is 1.56. The Bertz CT molecular complexity index is 870. The van der Waals surface area contributed by atoms with Crippen molar-refractivity contribution in [3.05, 3.63) is 59.9 Å². The molecule has 0 aliphatic heterocycles. The van der Waals surface area contributed by atoms with Crippen LogP contribution in [0.2, 0.25) is 0 Å². The fourth-order valence-electron chi connectivity index (χ4n) is 2.32. The van der Waals surface area contributed by atoms with Crippen LogP contribution in [0, 0.1) is 0 Å². The van der Waals surface area contributed by atoms with Gasteiger partial charge in [-0.3, -0.25) is 4.79 Å². The number of carbonyl (C=O) groups is 2. The zero-order valence-electron chi connectivity index (χ0n) is 11.8. The third-order valence-corrected chi connectivity index (χ3v) is 3.47. The summed E-state index contributed by atoms with van der Waals surface area (Å²) in [5, 5.41) is 9.23. The van der Waals surface area contributed by atoms with Crippen LogP contribution in [-0.2, 0) is 0 Å². The molecule has 2 N–H and O–H groups in total. The second-order valence-electron chi connectivity index (χ2n) is 4.82. The predicted molar refractivity (Wildman–Crippen MR) is 82.2 cm³/mol. The minimum Gasteiger partial charge on any atom is -0.478 e. The molecule has 1 heterocycles. The van der Waals surface area contributed by atoms with Crippen LogP contribution in [0.3, 0.4) is 0 Å². The highest BCUT2D eigenvalue weighted by molar-refractivity contribution is 6.10. The highest BCUT2D eigenvalue weighted by Crippen LogP contribution is 2.22. The molecule has 0 aliphatic rings. The van der Waals surface area contributed by atoms with E-state index >= 15 is 0 Å². The topological polar surface area (TPSA) is 86.3 Å². The summed E-state index contributed by atoms with van der Waals surface area (Å²) in [6.45, 7) is 0. The van der Waals surface area contributed by atoms with Gasteiger partial charge in [-0.25, -0.2) is 9.78 Å². The number of nitrogens with one attached hydrogen (secondary N) is 1. The maximum atomic E-state index is 12.6. The number of anilines is 1. The van der Waals surface area contributed by atoms with E-state index < -0.39 is 5.97 Å². The first-order chi connectivity index (χ1) is 10.6. The molecule has 22 heavy (non-hydrogen) atoms. The quantitative estimate of drug-likeness (QED) is 0.777. The van der Waals surface area contributed by atoms with E-state index in [1.54, 1.807) is 49.8 Å². The molecule has 6 heteroatoms. The summed E-state index contributed by atoms with van der Waals surface area (Å²) >= 11 is 0. The molecule has 0 atom stereocenters. The average molecular weight is 295 g/mol. The zero-order chi connectivity index (χ0) is 15.7. The van der Waals surface area contributed by atoms with Crippen LogP contribution in [0.25, 0.3) is 11.0 Å². The van der Waals surface area contributed by atoms with Crippen LogP contribution in [0.5, 0.6) is 0 Å². The molecule has 2 aromatic carbocycles. The van der Waals surface area contributed by atoms with Crippen molar-refractivity contribution in [3.63, 3.8) is 0 Å². The Morgan fingerprint density at radius 2 is 1.95 bits per heavy atom. The van der Waals surface area contributed by atoms with Gasteiger partial charge in [0.2, 0.25) is 0 Å². The third-order valence-electron chi connectivity index (χ3n) is 3.47. The van der Waals surface area contributed by atoms with Crippen molar-refractivity contribution in [3.8, 4) is 0 Å². The van der Waals surface area contributed by atoms with Crippen molar-refractivity contribution in [1.29, 1.82) is 0 Å². The van der Waals surface area contributed by atoms with Crippen LogP contribution in [0.15, 0.2) is 48.8 Å². The van der Waals surface area contributed by atoms with E-state index in [4.69, 9.17) is 0 Å². The molecule has 1 amide bonds. The van der Waals surface area contributed by atoms with E-state index in [9.17, 15) is 14.7 Å². The Morgan fingerprint density at radius 3 is 2.73 bits per heavy atom. The molecule has 3 rings (SSSR count). The second-order valence-corrected chi connectivity index (χ2v) is 4.82. The number of rotatable bonds is 3. The van der Waals surface area contributed by atoms with Gasteiger partial charge in [-0.1, -0.05) is 12.1 Å². The van der Waals surface area contributed by atoms with Crippen molar-refractivity contribution in [2.75, 3.05) is 11.9 Å². The Kier molecular flexibility index (Phi) is 3.34. The molecule has 0 radical (unpaired) electrons. The Labute approximate surface area is 126 Å². The minimum atomic E-state index is -1.07. The molecule has 1 aromatic heterocycles. The number of aromatic carboxylic acids is 1. The first-order valence-electron chi connectivity index (χ1n) is 6.61. The smallest absolute Gasteiger partial charge is 0.337 e. The number of aromatic amines is 1. The maximum Gasteiger partial charge on any atom is 0.337 e. The minimum absolute atomic E-state index is 0.0842. The highest BCUT2D eigenvalue weighted by Gasteiger charge is 2.19. The van der Waals surface area contributed by atoms with E-state index in [1.165, 1.54) is 11.0 Å². The highest BCUT2D eigenvalue weighted by atomic mass is 16.4. The standard InChI is InChI=1S/C16H13N3O3/c1-19(14-5-3-2-4-11(14)16(21)22)15(20)10-6-7-12-13(8-10)18-9-17-12/h2-9H,1H3,(H,17,18)(H,21,22). The molecule has 6 nitrogen and oxygen atoms in total. The second kappa shape index (κ2) is 5.33. The number of H-pyrrole nitrogens is 1. The molecule has 0 aliphatic carbocycles. The lowest BCUT2D eigenvalue weighted by Crippen LogP contribution is -2.27. The van der Waals surface area contributed by atoms with Gasteiger partial charge in [0.15, 0.2) is 0 Å². The van der Waals surface area contributed by atoms with Gasteiger partial charge in [-0.05, 0) is 30.3 Å². The SMILES string of the molecule is CN(C(=O)c1ccc2nc[nH]c2c1)c1ccccc1C(=O)O. The number of carboxylic acids is 1. The summed E-state index contributed by atoms with van der Waals surface area (Å²) in [5.41, 5.74) is 2.42. The van der Waals surface area contributed by atoms with E-state index in [0.29, 0.717) is 11.3 Å². The van der Waals surface area contributed by atoms with Gasteiger partial charge in [0.05, 0.1) is 28.6 Å². The number of carboxylic acid groups (broad SMARTS) is 1. The molecule has 0 spiro atoms. The Balaban J connectivity index is 1.99. The summed E-state index contributed by atoms with van der Waals surface area (Å²) < 4.78 is 0. The molecule has 0 fully saturated rings. The summed E-state index contributed by atoms with van der Waals surface area (Å²) in [6, 6.07) is 11.5. The van der Waals surface area contributed by atoms with Gasteiger partial charge >= 0.3 is 5.97 Å². The molecular weight excluding hydrogens is 282 g/mol. The Morgan fingerprint density at radius 1 is 1.18 bits per heavy atom. The summed E-state index contributed by atoms with van der Waals surface area (Å²) in [4.78, 5) is 32.2. The van der Waals surface area contributed by atoms with E-state index in [-0.39, 0.29) is 11.5 Å². The average Bonchev–Trinajstić information content (AvgIpc) is 3.01. The molecule has 0 bridgehead atoms. The van der Waals surface area contributed by atoms with Gasteiger partial charge in [-0.2, -0.15) is 0 Å². The van der Waals surface area contributed by atoms with E-state index in [2.05, 4.69) is 9.97 Å². The molecule has 110 valence electrons. The number of carbonyl (C=O) groups excluding carboxylic acids is 1. The molecular formula is C16H13N3O3. The summed E-state index contributed by atoms with van der Waals surface area (Å²) in [5.74, 6) is -1.36. The normalized spacial score (nSPS) is 10.6. The first kappa shape index (κ1) is 13.8. The van der Waals surface area contributed by atoms with Crippen LogP contribution in [-0.4, -0.2) is 34.0 Å². The van der Waals surface area contributed by atoms with Crippen LogP contribution in [0.4, 0.5) is 5.69 Å². The molecule has 0 saturated carbocycles. The number of benzene rings is 2. The van der Waals surface area contributed by atoms with Crippen molar-refractivity contribution >= 4 is 28.6 Å². The van der Waals surface area contributed by atoms with Crippen molar-refractivity contribution in [2.45, 2.75) is 0 Å². The maximum absolute atomic E-state index is 12.6. The van der Waals surface area contributed by atoms with Gasteiger partial charge in [0.25, 0.3) is 5.91 Å². The lowest BCUT2D eigenvalue weighted by molar-refractivity contribution is 0.0697. The summed E-state index contributed by atoms with van der Waals surface area (Å²) in [7, 11) is 1.56. The van der Waals surface area contributed by atoms with Gasteiger partial charge in [0, 0.05) is 12.6 Å². The number of fused-ring (bicyclic) bond motifs is 1. The molecule has 0 saturated heterocycles. The molecule has 0 unspecified atom stereocenters. The monoisotopic (exact) mass is 295 g/mol. The third kappa shape index (κ3) is 2.31. The number of nitrogens with zero attached hydrogens (tertiary/aromatic N) is 2. The van der Waals surface area contributed by atoms with Gasteiger partial charge in [0.1, 0.15) is 0 Å². The number of para-hydroxylation sites is 1. The molecule has 3 aromatic rings. The number of aromatic nitrogens is 2. The number of hydrogen-bond donors (Lipinski definition) is 2. The largest absolute Gasteiger partial charge is 0.478 e. The van der Waals surface area contributed by atoms with Crippen molar-refractivity contribution < 1.29 is 14.7 Å². The fourth-order valence-corrected chi connectivity index (χ4v) is 2.32.